The summed E-state index contributed by atoms with van der Waals surface area (Å²) in [6, 6.07) is 1.35. The Balaban J connectivity index is 1.62. The Morgan fingerprint density at radius 1 is 1.30 bits per heavy atom. The van der Waals surface area contributed by atoms with Gasteiger partial charge in [-0.05, 0) is 55.6 Å². The molecule has 0 aromatic carbocycles. The molecule has 2 aliphatic heterocycles. The predicted molar refractivity (Wildman–Crippen MR) is 77.2 cm³/mol. The van der Waals surface area contributed by atoms with Gasteiger partial charge in [0.25, 0.3) is 0 Å². The maximum absolute atomic E-state index is 4.23. The van der Waals surface area contributed by atoms with Crippen molar-refractivity contribution in [3.05, 3.63) is 5.82 Å². The Kier molecular flexibility index (Phi) is 4.62. The van der Waals surface area contributed by atoms with Crippen molar-refractivity contribution >= 4 is 0 Å². The summed E-state index contributed by atoms with van der Waals surface area (Å²) < 4.78 is 1.99. The number of hydrogen-bond donors (Lipinski definition) is 1. The molecule has 2 unspecified atom stereocenters. The van der Waals surface area contributed by atoms with Crippen LogP contribution in [0.4, 0.5) is 0 Å². The van der Waals surface area contributed by atoms with Gasteiger partial charge in [-0.2, -0.15) is 0 Å². The van der Waals surface area contributed by atoms with Gasteiger partial charge in [0.2, 0.25) is 0 Å². The minimum absolute atomic E-state index is 0.675. The van der Waals surface area contributed by atoms with E-state index in [-0.39, 0.29) is 0 Å². The van der Waals surface area contributed by atoms with Gasteiger partial charge in [-0.15, -0.1) is 5.10 Å². The smallest absolute Gasteiger partial charge is 0.165 e. The van der Waals surface area contributed by atoms with Crippen LogP contribution in [0.25, 0.3) is 0 Å². The van der Waals surface area contributed by atoms with Crippen molar-refractivity contribution in [2.24, 2.45) is 0 Å². The molecular formula is C14H26N6. The monoisotopic (exact) mass is 278 g/mol. The van der Waals surface area contributed by atoms with E-state index in [9.17, 15) is 0 Å². The van der Waals surface area contributed by atoms with E-state index in [1.54, 1.807) is 0 Å². The zero-order valence-electron chi connectivity index (χ0n) is 12.5. The van der Waals surface area contributed by atoms with Gasteiger partial charge < -0.3 is 5.32 Å². The summed E-state index contributed by atoms with van der Waals surface area (Å²) in [5.41, 5.74) is 0. The maximum atomic E-state index is 4.23. The highest BCUT2D eigenvalue weighted by molar-refractivity contribution is 4.94. The second kappa shape index (κ2) is 6.63. The summed E-state index contributed by atoms with van der Waals surface area (Å²) in [5.74, 6) is 1.03. The second-order valence-corrected chi connectivity index (χ2v) is 6.05. The van der Waals surface area contributed by atoms with Crippen molar-refractivity contribution in [3.63, 3.8) is 0 Å². The molecule has 2 atom stereocenters. The van der Waals surface area contributed by atoms with Gasteiger partial charge in [-0.25, -0.2) is 4.68 Å². The lowest BCUT2D eigenvalue weighted by Gasteiger charge is -2.28. The topological polar surface area (TPSA) is 58.9 Å². The van der Waals surface area contributed by atoms with E-state index in [0.29, 0.717) is 12.1 Å². The highest BCUT2D eigenvalue weighted by Gasteiger charge is 2.33. The van der Waals surface area contributed by atoms with Crippen LogP contribution in [0, 0.1) is 0 Å². The Bertz CT molecular complexity index is 412. The minimum atomic E-state index is 0.675. The summed E-state index contributed by atoms with van der Waals surface area (Å²) >= 11 is 0. The van der Waals surface area contributed by atoms with Crippen molar-refractivity contribution < 1.29 is 0 Å². The molecule has 1 N–H and O–H groups in total. The highest BCUT2D eigenvalue weighted by atomic mass is 15.5. The Hall–Kier alpha value is -1.01. The zero-order valence-corrected chi connectivity index (χ0v) is 12.5. The van der Waals surface area contributed by atoms with E-state index < -0.39 is 0 Å². The maximum Gasteiger partial charge on any atom is 0.165 e. The van der Waals surface area contributed by atoms with Gasteiger partial charge >= 0.3 is 0 Å². The number of rotatable bonds is 6. The highest BCUT2D eigenvalue weighted by Crippen LogP contribution is 2.25. The van der Waals surface area contributed by atoms with Crippen molar-refractivity contribution in [3.8, 4) is 0 Å². The van der Waals surface area contributed by atoms with Crippen LogP contribution < -0.4 is 5.32 Å². The van der Waals surface area contributed by atoms with Crippen molar-refractivity contribution in [2.75, 3.05) is 13.1 Å². The van der Waals surface area contributed by atoms with Crippen LogP contribution in [0.15, 0.2) is 0 Å². The first-order chi connectivity index (χ1) is 9.88. The molecule has 2 aliphatic rings. The normalized spacial score (nSPS) is 27.4. The minimum Gasteiger partial charge on any atom is -0.312 e. The van der Waals surface area contributed by atoms with Gasteiger partial charge in [-0.1, -0.05) is 13.3 Å². The number of tetrazole rings is 1. The van der Waals surface area contributed by atoms with Gasteiger partial charge in [0.1, 0.15) is 0 Å². The van der Waals surface area contributed by atoms with Gasteiger partial charge in [0, 0.05) is 18.6 Å². The summed E-state index contributed by atoms with van der Waals surface area (Å²) in [6.45, 7) is 6.41. The molecule has 1 aromatic heterocycles. The predicted octanol–water partition coefficient (Wildman–Crippen LogP) is 1.19. The molecule has 6 heteroatoms. The molecule has 3 rings (SSSR count). The first-order valence-corrected chi connectivity index (χ1v) is 8.11. The molecule has 0 saturated carbocycles. The van der Waals surface area contributed by atoms with Crippen molar-refractivity contribution in [1.29, 1.82) is 0 Å². The van der Waals surface area contributed by atoms with E-state index in [4.69, 9.17) is 0 Å². The van der Waals surface area contributed by atoms with Gasteiger partial charge in [-0.3, -0.25) is 4.90 Å². The molecular weight excluding hydrogens is 252 g/mol. The fraction of sp³-hybridized carbons (Fsp3) is 0.929. The van der Waals surface area contributed by atoms with Crippen molar-refractivity contribution in [1.82, 2.24) is 30.4 Å². The van der Waals surface area contributed by atoms with Crippen molar-refractivity contribution in [2.45, 2.75) is 70.6 Å². The van der Waals surface area contributed by atoms with Gasteiger partial charge in [0.05, 0.1) is 6.54 Å². The summed E-state index contributed by atoms with van der Waals surface area (Å²) in [6.07, 6.45) is 7.59. The summed E-state index contributed by atoms with van der Waals surface area (Å²) in [4.78, 5) is 2.58. The molecule has 0 aliphatic carbocycles. The standard InChI is InChI=1S/C14H26N6/c1-2-3-10-20-14(16-17-18-20)11-19-9-5-7-13(19)12-6-4-8-15-12/h12-13,15H,2-11H2,1H3. The number of nitrogens with one attached hydrogen (secondary N) is 1. The van der Waals surface area contributed by atoms with Crippen LogP contribution in [0.5, 0.6) is 0 Å². The number of aryl methyl sites for hydroxylation is 1. The number of nitrogens with zero attached hydrogens (tertiary/aromatic N) is 5. The van der Waals surface area contributed by atoms with Crippen LogP contribution in [0.1, 0.15) is 51.3 Å². The summed E-state index contributed by atoms with van der Waals surface area (Å²) in [5, 5.41) is 15.9. The number of aromatic nitrogens is 4. The first-order valence-electron chi connectivity index (χ1n) is 8.11. The number of unbranched alkanes of at least 4 members (excludes halogenated alkanes) is 1. The number of hydrogen-bond acceptors (Lipinski definition) is 5. The average Bonchev–Trinajstić information content (AvgIpc) is 3.18. The lowest BCUT2D eigenvalue weighted by atomic mass is 10.0. The van der Waals surface area contributed by atoms with Crippen LogP contribution >= 0.6 is 0 Å². The lowest BCUT2D eigenvalue weighted by Crippen LogP contribution is -2.43. The largest absolute Gasteiger partial charge is 0.312 e. The molecule has 20 heavy (non-hydrogen) atoms. The molecule has 112 valence electrons. The summed E-state index contributed by atoms with van der Waals surface area (Å²) in [7, 11) is 0. The van der Waals surface area contributed by atoms with E-state index in [1.807, 2.05) is 4.68 Å². The third kappa shape index (κ3) is 3.01. The van der Waals surface area contributed by atoms with E-state index in [1.165, 1.54) is 45.2 Å². The third-order valence-corrected chi connectivity index (χ3v) is 4.65. The average molecular weight is 278 g/mol. The molecule has 2 saturated heterocycles. The fourth-order valence-corrected chi connectivity index (χ4v) is 3.54. The Labute approximate surface area is 120 Å². The molecule has 3 heterocycles. The molecule has 2 fully saturated rings. The van der Waals surface area contributed by atoms with E-state index in [0.717, 1.165) is 25.3 Å². The quantitative estimate of drug-likeness (QED) is 0.847. The third-order valence-electron chi connectivity index (χ3n) is 4.65. The van der Waals surface area contributed by atoms with Crippen LogP contribution in [-0.4, -0.2) is 50.3 Å². The lowest BCUT2D eigenvalue weighted by molar-refractivity contribution is 0.198. The molecule has 0 bridgehead atoms. The Morgan fingerprint density at radius 3 is 3.05 bits per heavy atom. The van der Waals surface area contributed by atoms with E-state index in [2.05, 4.69) is 32.7 Å². The number of likely N-dealkylation sites (tertiary alicyclic amines) is 1. The molecule has 6 nitrogen and oxygen atoms in total. The fourth-order valence-electron chi connectivity index (χ4n) is 3.54. The van der Waals surface area contributed by atoms with Gasteiger partial charge in [0.15, 0.2) is 5.82 Å². The molecule has 1 aromatic rings. The van der Waals surface area contributed by atoms with Crippen LogP contribution in [-0.2, 0) is 13.1 Å². The SMILES string of the molecule is CCCCn1nnnc1CN1CCCC1C1CCCN1. The molecule has 0 spiro atoms. The molecule has 0 radical (unpaired) electrons. The first kappa shape index (κ1) is 13.9. The van der Waals surface area contributed by atoms with Crippen LogP contribution in [0.2, 0.25) is 0 Å². The Morgan fingerprint density at radius 2 is 2.25 bits per heavy atom. The van der Waals surface area contributed by atoms with E-state index >= 15 is 0 Å². The molecule has 0 amide bonds. The van der Waals surface area contributed by atoms with Crippen LogP contribution in [0.3, 0.4) is 0 Å². The zero-order chi connectivity index (χ0) is 13.8. The second-order valence-electron chi connectivity index (χ2n) is 6.05.